The van der Waals surface area contributed by atoms with Gasteiger partial charge < -0.3 is 10.6 Å². The highest BCUT2D eigenvalue weighted by Gasteiger charge is 1.35. The molecule has 0 saturated heterocycles. The topological polar surface area (TPSA) is 51.7 Å². The fourth-order valence-corrected chi connectivity index (χ4v) is 0. The maximum absolute atomic E-state index is 7.46. The van der Waals surface area contributed by atoms with E-state index >= 15 is 0 Å². The van der Waals surface area contributed by atoms with Crippen molar-refractivity contribution in [1.82, 2.24) is 0 Å². The van der Waals surface area contributed by atoms with Crippen molar-refractivity contribution >= 4 is 0 Å². The third-order valence-electron chi connectivity index (χ3n) is 0. The van der Waals surface area contributed by atoms with Crippen molar-refractivity contribution in [3.63, 3.8) is 0 Å². The molecule has 0 aromatic carbocycles. The van der Waals surface area contributed by atoms with E-state index in [1.807, 2.05) is 0 Å². The van der Waals surface area contributed by atoms with Crippen molar-refractivity contribution in [1.29, 1.82) is 0 Å². The fraction of sp³-hybridized carbons (Fsp3) is 0.500. The Hall–Kier alpha value is -0.0800. The Labute approximate surface area is 25.4 Å². The molecule has 1 radical (unpaired) electrons. The Morgan fingerprint density at radius 2 is 1.75 bits per heavy atom. The van der Waals surface area contributed by atoms with Crippen LogP contribution in [0.4, 0.5) is 0 Å². The molecule has 2 nitrogen and oxygen atoms in total. The zero-order chi connectivity index (χ0) is 2.71. The maximum atomic E-state index is 7.46. The SMILES string of the molecule is O.[CH2]CO. The van der Waals surface area contributed by atoms with Gasteiger partial charge in [-0.15, -0.1) is 0 Å². The molecule has 0 aliphatic heterocycles. The average Bonchev–Trinajstić information content (AvgIpc) is 0.918. The number of rotatable bonds is 0. The van der Waals surface area contributed by atoms with Crippen LogP contribution < -0.4 is 0 Å². The summed E-state index contributed by atoms with van der Waals surface area (Å²) in [5.74, 6) is 0. The van der Waals surface area contributed by atoms with Gasteiger partial charge in [0.1, 0.15) is 0 Å². The smallest absolute Gasteiger partial charge is 0.0431 e. The number of aliphatic hydroxyl groups is 1. The first-order chi connectivity index (χ1) is 1.41. The summed E-state index contributed by atoms with van der Waals surface area (Å²) >= 11 is 0. The van der Waals surface area contributed by atoms with Crippen molar-refractivity contribution in [3.05, 3.63) is 6.92 Å². The lowest BCUT2D eigenvalue weighted by atomic mass is 10.9. The Balaban J connectivity index is 0. The van der Waals surface area contributed by atoms with Crippen LogP contribution in [0.25, 0.3) is 0 Å². The summed E-state index contributed by atoms with van der Waals surface area (Å²) < 4.78 is 0. The Morgan fingerprint density at radius 1 is 1.75 bits per heavy atom. The third-order valence-corrected chi connectivity index (χ3v) is 0. The lowest BCUT2D eigenvalue weighted by Gasteiger charge is -1.52. The largest absolute Gasteiger partial charge is 0.412 e. The molecule has 4 heavy (non-hydrogen) atoms. The van der Waals surface area contributed by atoms with Crippen LogP contribution in [0.3, 0.4) is 0 Å². The van der Waals surface area contributed by atoms with Gasteiger partial charge in [0.05, 0.1) is 0 Å². The third kappa shape index (κ3) is 254. The van der Waals surface area contributed by atoms with E-state index in [2.05, 4.69) is 6.92 Å². The molecule has 3 N–H and O–H groups in total. The van der Waals surface area contributed by atoms with E-state index in [9.17, 15) is 0 Å². The van der Waals surface area contributed by atoms with Gasteiger partial charge >= 0.3 is 0 Å². The minimum atomic E-state index is 0. The highest BCUT2D eigenvalue weighted by Crippen LogP contribution is 1.27. The molecular weight excluding hydrogens is 56.0 g/mol. The second-order valence-corrected chi connectivity index (χ2v) is 0.224. The van der Waals surface area contributed by atoms with Crippen molar-refractivity contribution in [2.75, 3.05) is 6.61 Å². The first-order valence-electron chi connectivity index (χ1n) is 0.816. The van der Waals surface area contributed by atoms with Crippen molar-refractivity contribution in [3.8, 4) is 0 Å². The van der Waals surface area contributed by atoms with E-state index in [0.29, 0.717) is 0 Å². The van der Waals surface area contributed by atoms with Gasteiger partial charge in [0, 0.05) is 6.61 Å². The summed E-state index contributed by atoms with van der Waals surface area (Å²) in [7, 11) is 0. The molecule has 0 aliphatic carbocycles. The first-order valence-corrected chi connectivity index (χ1v) is 0.816. The van der Waals surface area contributed by atoms with Gasteiger partial charge in [-0.3, -0.25) is 0 Å². The number of hydrogen-bond donors (Lipinski definition) is 1. The predicted molar refractivity (Wildman–Crippen MR) is 16.1 cm³/mol. The molecule has 0 atom stereocenters. The van der Waals surface area contributed by atoms with Gasteiger partial charge in [-0.25, -0.2) is 0 Å². The zero-order valence-corrected chi connectivity index (χ0v) is 2.36. The summed E-state index contributed by atoms with van der Waals surface area (Å²) in [5, 5.41) is 7.46. The minimum Gasteiger partial charge on any atom is -0.412 e. The van der Waals surface area contributed by atoms with Crippen molar-refractivity contribution in [2.24, 2.45) is 0 Å². The number of aliphatic hydroxyl groups excluding tert-OH is 1. The predicted octanol–water partition coefficient (Wildman–Crippen LogP) is -1.01. The van der Waals surface area contributed by atoms with Gasteiger partial charge in [0.25, 0.3) is 0 Å². The molecule has 0 amide bonds. The van der Waals surface area contributed by atoms with Crippen molar-refractivity contribution in [2.45, 2.75) is 0 Å². The second kappa shape index (κ2) is 12.7. The van der Waals surface area contributed by atoms with E-state index in [4.69, 9.17) is 5.11 Å². The molecule has 0 aromatic heterocycles. The van der Waals surface area contributed by atoms with Gasteiger partial charge in [-0.2, -0.15) is 0 Å². The molecule has 0 aliphatic rings. The first kappa shape index (κ1) is 9.07. The van der Waals surface area contributed by atoms with E-state index in [0.717, 1.165) is 0 Å². The average molecular weight is 63.1 g/mol. The molecular formula is C2H7O2. The molecule has 0 saturated carbocycles. The van der Waals surface area contributed by atoms with Gasteiger partial charge in [-0.1, -0.05) is 0 Å². The summed E-state index contributed by atoms with van der Waals surface area (Å²) in [4.78, 5) is 0. The van der Waals surface area contributed by atoms with Gasteiger partial charge in [-0.05, 0) is 6.92 Å². The maximum Gasteiger partial charge on any atom is 0.0431 e. The van der Waals surface area contributed by atoms with E-state index in [-0.39, 0.29) is 12.1 Å². The van der Waals surface area contributed by atoms with Crippen LogP contribution in [0.1, 0.15) is 0 Å². The van der Waals surface area contributed by atoms with Crippen LogP contribution in [0, 0.1) is 6.92 Å². The molecule has 27 valence electrons. The lowest BCUT2D eigenvalue weighted by Crippen LogP contribution is -1.58. The molecule has 0 bridgehead atoms. The standard InChI is InChI=1S/C2H5O.H2O/c1-2-3;/h3H,1-2H2;1H2. The normalized spacial score (nSPS) is 4.50. The minimum absolute atomic E-state index is 0. The summed E-state index contributed by atoms with van der Waals surface area (Å²) in [6.07, 6.45) is 0. The van der Waals surface area contributed by atoms with E-state index < -0.39 is 0 Å². The molecule has 0 rings (SSSR count). The van der Waals surface area contributed by atoms with Crippen LogP contribution in [0.15, 0.2) is 0 Å². The highest BCUT2D eigenvalue weighted by atomic mass is 16.2. The molecule has 0 aromatic rings. The van der Waals surface area contributed by atoms with Crippen LogP contribution in [-0.2, 0) is 0 Å². The molecule has 0 fully saturated rings. The lowest BCUT2D eigenvalue weighted by molar-refractivity contribution is 0.341. The Morgan fingerprint density at radius 3 is 1.75 bits per heavy atom. The fourth-order valence-electron chi connectivity index (χ4n) is 0. The summed E-state index contributed by atoms with van der Waals surface area (Å²) in [5.41, 5.74) is 0. The van der Waals surface area contributed by atoms with Crippen LogP contribution in [0.5, 0.6) is 0 Å². The van der Waals surface area contributed by atoms with Crippen LogP contribution in [-0.4, -0.2) is 17.2 Å². The Bertz CT molecular complexity index is 4.00. The summed E-state index contributed by atoms with van der Waals surface area (Å²) in [6, 6.07) is 0. The zero-order valence-electron chi connectivity index (χ0n) is 2.36. The highest BCUT2D eigenvalue weighted by molar-refractivity contribution is 4.15. The Kier molecular flexibility index (Phi) is 28.8. The monoisotopic (exact) mass is 63.0 g/mol. The van der Waals surface area contributed by atoms with Gasteiger partial charge in [0.2, 0.25) is 0 Å². The quantitative estimate of drug-likeness (QED) is 0.384. The van der Waals surface area contributed by atoms with Crippen LogP contribution >= 0.6 is 0 Å². The molecule has 0 unspecified atom stereocenters. The van der Waals surface area contributed by atoms with Crippen molar-refractivity contribution < 1.29 is 10.6 Å². The van der Waals surface area contributed by atoms with Crippen LogP contribution in [0.2, 0.25) is 0 Å². The molecule has 2 heteroatoms. The van der Waals surface area contributed by atoms with E-state index in [1.54, 1.807) is 0 Å². The molecule has 0 heterocycles. The summed E-state index contributed by atoms with van der Waals surface area (Å²) in [6.45, 7) is 3.04. The second-order valence-electron chi connectivity index (χ2n) is 0.224. The number of hydrogen-bond acceptors (Lipinski definition) is 1. The van der Waals surface area contributed by atoms with E-state index in [1.165, 1.54) is 0 Å². The molecule has 0 spiro atoms. The van der Waals surface area contributed by atoms with Gasteiger partial charge in [0.15, 0.2) is 0 Å².